The number of carboxylic acids is 1. The van der Waals surface area contributed by atoms with Crippen LogP contribution in [0.2, 0.25) is 0 Å². The van der Waals surface area contributed by atoms with E-state index in [0.717, 1.165) is 19.3 Å². The summed E-state index contributed by atoms with van der Waals surface area (Å²) in [6, 6.07) is 10.4. The summed E-state index contributed by atoms with van der Waals surface area (Å²) in [6.07, 6.45) is 3.45. The summed E-state index contributed by atoms with van der Waals surface area (Å²) in [5, 5.41) is 13.4. The topological polar surface area (TPSA) is 106 Å². The minimum Gasteiger partial charge on any atom is -0.481 e. The fourth-order valence-corrected chi connectivity index (χ4v) is 4.79. The summed E-state index contributed by atoms with van der Waals surface area (Å²) in [7, 11) is 0. The highest BCUT2D eigenvalue weighted by Crippen LogP contribution is 2.52. The van der Waals surface area contributed by atoms with Crippen LogP contribution in [0.5, 0.6) is 0 Å². The molecule has 5 rings (SSSR count). The lowest BCUT2D eigenvalue weighted by Crippen LogP contribution is -2.43. The van der Waals surface area contributed by atoms with Crippen molar-refractivity contribution in [1.29, 1.82) is 0 Å². The number of carbonyl (C=O) groups excluding carboxylic acids is 1. The number of ether oxygens (including phenoxy) is 1. The van der Waals surface area contributed by atoms with Crippen molar-refractivity contribution in [2.75, 3.05) is 6.54 Å². The fraction of sp³-hybridized carbons (Fsp3) is 0.600. The Hall–Kier alpha value is -2.90. The number of carboxylic acid groups (broad SMARTS) is 1. The Morgan fingerprint density at radius 2 is 1.88 bits per heavy atom. The van der Waals surface area contributed by atoms with E-state index in [4.69, 9.17) is 14.4 Å². The van der Waals surface area contributed by atoms with Crippen molar-refractivity contribution >= 4 is 12.1 Å². The minimum atomic E-state index is -0.768. The lowest BCUT2D eigenvalue weighted by Gasteiger charge is -2.30. The predicted octanol–water partition coefficient (Wildman–Crippen LogP) is 4.47. The van der Waals surface area contributed by atoms with E-state index in [0.29, 0.717) is 37.0 Å². The monoisotopic (exact) mass is 453 g/mol. The molecular weight excluding hydrogens is 422 g/mol. The molecular formula is C25H31N3O5. The molecule has 1 aromatic heterocycles. The second-order valence-electron chi connectivity index (χ2n) is 10.9. The zero-order chi connectivity index (χ0) is 23.4. The maximum Gasteiger partial charge on any atom is 0.410 e. The molecule has 2 aromatic rings. The molecule has 1 heterocycles. The molecule has 8 nitrogen and oxygen atoms in total. The molecule has 1 N–H and O–H groups in total. The quantitative estimate of drug-likeness (QED) is 0.659. The van der Waals surface area contributed by atoms with Crippen molar-refractivity contribution in [2.45, 2.75) is 81.8 Å². The average Bonchev–Trinajstić information content (AvgIpc) is 3.62. The highest BCUT2D eigenvalue weighted by Gasteiger charge is 2.55. The van der Waals surface area contributed by atoms with Crippen LogP contribution in [0.1, 0.15) is 82.0 Å². The van der Waals surface area contributed by atoms with Crippen LogP contribution in [0.15, 0.2) is 34.9 Å². The first kappa shape index (κ1) is 21.9. The van der Waals surface area contributed by atoms with Crippen LogP contribution in [-0.2, 0) is 14.9 Å². The largest absolute Gasteiger partial charge is 0.481 e. The van der Waals surface area contributed by atoms with Gasteiger partial charge in [0.1, 0.15) is 5.60 Å². The van der Waals surface area contributed by atoms with Gasteiger partial charge in [-0.2, -0.15) is 4.98 Å². The minimum absolute atomic E-state index is 0.0102. The molecule has 3 aliphatic rings. The molecule has 0 bridgehead atoms. The smallest absolute Gasteiger partial charge is 0.410 e. The van der Waals surface area contributed by atoms with Crippen LogP contribution in [0.3, 0.4) is 0 Å². The molecule has 176 valence electrons. The Bertz CT molecular complexity index is 1030. The highest BCUT2D eigenvalue weighted by atomic mass is 16.6. The maximum absolute atomic E-state index is 13.2. The number of hydrogen-bond acceptors (Lipinski definition) is 6. The van der Waals surface area contributed by atoms with Crippen molar-refractivity contribution in [3.63, 3.8) is 0 Å². The van der Waals surface area contributed by atoms with Gasteiger partial charge in [-0.15, -0.1) is 0 Å². The maximum atomic E-state index is 13.2. The number of nitrogens with zero attached hydrogens (tertiary/aromatic N) is 3. The molecule has 3 saturated carbocycles. The summed E-state index contributed by atoms with van der Waals surface area (Å²) in [4.78, 5) is 30.8. The molecule has 1 aromatic carbocycles. The zero-order valence-electron chi connectivity index (χ0n) is 19.4. The van der Waals surface area contributed by atoms with E-state index in [9.17, 15) is 9.59 Å². The molecule has 0 spiro atoms. The van der Waals surface area contributed by atoms with Crippen LogP contribution in [0.25, 0.3) is 0 Å². The number of amides is 1. The Morgan fingerprint density at radius 3 is 2.48 bits per heavy atom. The molecule has 3 fully saturated rings. The normalized spacial score (nSPS) is 27.4. The van der Waals surface area contributed by atoms with Crippen molar-refractivity contribution in [3.8, 4) is 0 Å². The van der Waals surface area contributed by atoms with Crippen LogP contribution >= 0.6 is 0 Å². The van der Waals surface area contributed by atoms with Gasteiger partial charge in [0, 0.05) is 24.4 Å². The zero-order valence-corrected chi connectivity index (χ0v) is 19.4. The lowest BCUT2D eigenvalue weighted by atomic mass is 9.75. The number of aromatic nitrogens is 2. The Kier molecular flexibility index (Phi) is 5.21. The van der Waals surface area contributed by atoms with E-state index >= 15 is 0 Å². The predicted molar refractivity (Wildman–Crippen MR) is 119 cm³/mol. The standard InChI is InChI=1S/C25H31N3O5/c1-24(2,3)32-23(31)28(19-13-18(19)15-7-5-4-6-8-15)14-25(9-10-25)22-26-20(33-27-22)16-11-17(12-16)21(29)30/h4-8,16-19H,9-14H2,1-3H3,(H,29,30)/t16-,17-,18-,19+/m0/s1. The van der Waals surface area contributed by atoms with Gasteiger partial charge in [0.05, 0.1) is 11.3 Å². The van der Waals surface area contributed by atoms with E-state index in [1.54, 1.807) is 0 Å². The van der Waals surface area contributed by atoms with Gasteiger partial charge in [-0.25, -0.2) is 4.79 Å². The third kappa shape index (κ3) is 4.48. The Labute approximate surface area is 193 Å². The van der Waals surface area contributed by atoms with Crippen LogP contribution in [0, 0.1) is 5.92 Å². The molecule has 1 amide bonds. The van der Waals surface area contributed by atoms with Gasteiger partial charge in [-0.05, 0) is 58.4 Å². The van der Waals surface area contributed by atoms with Gasteiger partial charge < -0.3 is 19.3 Å². The second kappa shape index (κ2) is 7.85. The van der Waals surface area contributed by atoms with Gasteiger partial charge in [0.2, 0.25) is 5.89 Å². The average molecular weight is 454 g/mol. The summed E-state index contributed by atoms with van der Waals surface area (Å²) in [5.41, 5.74) is 0.340. The number of rotatable bonds is 7. The fourth-order valence-electron chi connectivity index (χ4n) is 4.79. The molecule has 0 unspecified atom stereocenters. The van der Waals surface area contributed by atoms with E-state index in [2.05, 4.69) is 22.3 Å². The van der Waals surface area contributed by atoms with Crippen molar-refractivity contribution in [2.24, 2.45) is 5.92 Å². The first-order valence-corrected chi connectivity index (χ1v) is 11.8. The highest BCUT2D eigenvalue weighted by molar-refractivity contribution is 5.71. The van der Waals surface area contributed by atoms with Gasteiger partial charge >= 0.3 is 12.1 Å². The molecule has 0 aliphatic heterocycles. The van der Waals surface area contributed by atoms with Crippen LogP contribution in [-0.4, -0.2) is 50.4 Å². The Balaban J connectivity index is 1.32. The van der Waals surface area contributed by atoms with E-state index < -0.39 is 11.6 Å². The number of aliphatic carboxylic acids is 1. The number of hydrogen-bond donors (Lipinski definition) is 1. The molecule has 33 heavy (non-hydrogen) atoms. The van der Waals surface area contributed by atoms with Crippen molar-refractivity contribution in [1.82, 2.24) is 15.0 Å². The van der Waals surface area contributed by atoms with E-state index in [1.807, 2.05) is 43.9 Å². The first-order valence-electron chi connectivity index (χ1n) is 11.8. The van der Waals surface area contributed by atoms with Gasteiger partial charge in [-0.3, -0.25) is 4.79 Å². The van der Waals surface area contributed by atoms with Gasteiger partial charge in [0.25, 0.3) is 0 Å². The summed E-state index contributed by atoms with van der Waals surface area (Å²) >= 11 is 0. The molecule has 3 aliphatic carbocycles. The third-order valence-corrected chi connectivity index (χ3v) is 7.09. The number of carbonyl (C=O) groups is 2. The van der Waals surface area contributed by atoms with Crippen molar-refractivity contribution in [3.05, 3.63) is 47.6 Å². The van der Waals surface area contributed by atoms with Gasteiger partial charge in [0.15, 0.2) is 5.82 Å². The summed E-state index contributed by atoms with van der Waals surface area (Å²) in [5.74, 6) is 0.366. The molecule has 0 radical (unpaired) electrons. The van der Waals surface area contributed by atoms with Gasteiger partial charge in [-0.1, -0.05) is 35.5 Å². The molecule has 2 atom stereocenters. The number of benzene rings is 1. The molecule has 8 heteroatoms. The van der Waals surface area contributed by atoms with Crippen molar-refractivity contribution < 1.29 is 24.0 Å². The third-order valence-electron chi connectivity index (χ3n) is 7.09. The summed E-state index contributed by atoms with van der Waals surface area (Å²) in [6.45, 7) is 6.14. The lowest BCUT2D eigenvalue weighted by molar-refractivity contribution is -0.145. The summed E-state index contributed by atoms with van der Waals surface area (Å²) < 4.78 is 11.3. The van der Waals surface area contributed by atoms with E-state index in [1.165, 1.54) is 5.56 Å². The first-order chi connectivity index (χ1) is 15.7. The molecule has 0 saturated heterocycles. The van der Waals surface area contributed by atoms with Crippen LogP contribution < -0.4 is 0 Å². The van der Waals surface area contributed by atoms with Crippen LogP contribution in [0.4, 0.5) is 4.79 Å². The Morgan fingerprint density at radius 1 is 1.18 bits per heavy atom. The second-order valence-corrected chi connectivity index (χ2v) is 10.9. The SMILES string of the molecule is CC(C)(C)OC(=O)N(CC1(c2noc([C@H]3C[C@H](C(=O)O)C3)n2)CC1)[C@@H]1C[C@H]1c1ccccc1. The van der Waals surface area contributed by atoms with E-state index in [-0.39, 0.29) is 29.4 Å².